The molecule has 0 aromatic carbocycles. The van der Waals surface area contributed by atoms with Crippen molar-refractivity contribution in [1.82, 2.24) is 4.90 Å². The van der Waals surface area contributed by atoms with Crippen LogP contribution in [-0.2, 0) is 0 Å². The van der Waals surface area contributed by atoms with Crippen LogP contribution >= 0.6 is 0 Å². The molecule has 1 N–H and O–H groups in total. The molecule has 3 nitrogen and oxygen atoms in total. The highest BCUT2D eigenvalue weighted by atomic mass is 16.3. The fraction of sp³-hybridized carbons (Fsp3) is 0.909. The molecule has 0 amide bonds. The summed E-state index contributed by atoms with van der Waals surface area (Å²) >= 11 is 0. The van der Waals surface area contributed by atoms with Crippen LogP contribution in [0.5, 0.6) is 0 Å². The lowest BCUT2D eigenvalue weighted by Crippen LogP contribution is -2.46. The average Bonchev–Trinajstić information content (AvgIpc) is 2.12. The lowest BCUT2D eigenvalue weighted by atomic mass is 9.90. The van der Waals surface area contributed by atoms with Gasteiger partial charge in [-0.15, -0.1) is 0 Å². The molecule has 1 fully saturated rings. The first kappa shape index (κ1) is 11.5. The Morgan fingerprint density at radius 1 is 1.57 bits per heavy atom. The summed E-state index contributed by atoms with van der Waals surface area (Å²) in [6.07, 6.45) is 5.42. The maximum Gasteiger partial charge on any atom is 0.0977 e. The maximum absolute atomic E-state index is 9.01. The van der Waals surface area contributed by atoms with Gasteiger partial charge in [0.15, 0.2) is 0 Å². The molecule has 0 aliphatic heterocycles. The van der Waals surface area contributed by atoms with Crippen LogP contribution in [0.2, 0.25) is 0 Å². The normalized spacial score (nSPS) is 19.0. The Morgan fingerprint density at radius 2 is 2.29 bits per heavy atom. The van der Waals surface area contributed by atoms with Crippen molar-refractivity contribution in [1.29, 1.82) is 5.26 Å². The first-order chi connectivity index (χ1) is 6.83. The second-order valence-corrected chi connectivity index (χ2v) is 3.95. The fourth-order valence-electron chi connectivity index (χ4n) is 1.96. The molecule has 80 valence electrons. The van der Waals surface area contributed by atoms with E-state index in [9.17, 15) is 0 Å². The van der Waals surface area contributed by atoms with Crippen molar-refractivity contribution < 1.29 is 5.11 Å². The van der Waals surface area contributed by atoms with Crippen molar-refractivity contribution in [3.05, 3.63) is 0 Å². The molecule has 1 aliphatic carbocycles. The van der Waals surface area contributed by atoms with Gasteiger partial charge in [0, 0.05) is 19.2 Å². The van der Waals surface area contributed by atoms with Gasteiger partial charge < -0.3 is 5.11 Å². The van der Waals surface area contributed by atoms with Crippen LogP contribution in [0.1, 0.15) is 39.0 Å². The zero-order valence-electron chi connectivity index (χ0n) is 8.95. The molecule has 14 heavy (non-hydrogen) atoms. The van der Waals surface area contributed by atoms with E-state index in [4.69, 9.17) is 10.4 Å². The van der Waals surface area contributed by atoms with Crippen molar-refractivity contribution in [2.75, 3.05) is 13.2 Å². The standard InChI is InChI=1S/C11H20N2O/c1-2-10(9-12)13(7-4-8-14)11-5-3-6-11/h10-11,14H,2-8H2,1H3. The highest BCUT2D eigenvalue weighted by Crippen LogP contribution is 2.27. The van der Waals surface area contributed by atoms with Gasteiger partial charge in [0.1, 0.15) is 0 Å². The summed E-state index contributed by atoms with van der Waals surface area (Å²) in [5.74, 6) is 0. The second-order valence-electron chi connectivity index (χ2n) is 3.95. The third kappa shape index (κ3) is 2.70. The number of aliphatic hydroxyl groups excluding tert-OH is 1. The molecule has 1 atom stereocenters. The predicted octanol–water partition coefficient (Wildman–Crippen LogP) is 1.53. The number of nitriles is 1. The molecule has 1 unspecified atom stereocenters. The van der Waals surface area contributed by atoms with E-state index < -0.39 is 0 Å². The number of rotatable bonds is 6. The van der Waals surface area contributed by atoms with E-state index in [0.29, 0.717) is 6.04 Å². The van der Waals surface area contributed by atoms with Gasteiger partial charge in [0.05, 0.1) is 12.1 Å². The topological polar surface area (TPSA) is 47.3 Å². The van der Waals surface area contributed by atoms with E-state index >= 15 is 0 Å². The number of hydrogen-bond acceptors (Lipinski definition) is 3. The molecular weight excluding hydrogens is 176 g/mol. The second kappa shape index (κ2) is 6.00. The summed E-state index contributed by atoms with van der Waals surface area (Å²) in [7, 11) is 0. The molecule has 0 saturated heterocycles. The van der Waals surface area contributed by atoms with Gasteiger partial charge >= 0.3 is 0 Å². The molecule has 1 saturated carbocycles. The number of hydrogen-bond donors (Lipinski definition) is 1. The van der Waals surface area contributed by atoms with Crippen LogP contribution in [0.4, 0.5) is 0 Å². The minimum atomic E-state index is 0.0480. The van der Waals surface area contributed by atoms with Gasteiger partial charge in [-0.25, -0.2) is 0 Å². The number of aliphatic hydroxyl groups is 1. The Kier molecular flexibility index (Phi) is 4.92. The van der Waals surface area contributed by atoms with Gasteiger partial charge in [-0.2, -0.15) is 5.26 Å². The summed E-state index contributed by atoms with van der Waals surface area (Å²) in [5.41, 5.74) is 0. The van der Waals surface area contributed by atoms with E-state index in [0.717, 1.165) is 19.4 Å². The Balaban J connectivity index is 2.46. The average molecular weight is 196 g/mol. The van der Waals surface area contributed by atoms with Crippen LogP contribution in [0, 0.1) is 11.3 Å². The molecule has 0 bridgehead atoms. The molecule has 0 heterocycles. The first-order valence-electron chi connectivity index (χ1n) is 5.59. The van der Waals surface area contributed by atoms with Crippen molar-refractivity contribution in [2.24, 2.45) is 0 Å². The SMILES string of the molecule is CCC(C#N)N(CCCO)C1CCC1. The third-order valence-electron chi connectivity index (χ3n) is 3.05. The lowest BCUT2D eigenvalue weighted by Gasteiger charge is -2.39. The Hall–Kier alpha value is -0.590. The van der Waals surface area contributed by atoms with Gasteiger partial charge in [-0.05, 0) is 25.7 Å². The van der Waals surface area contributed by atoms with Crippen molar-refractivity contribution in [3.8, 4) is 6.07 Å². The smallest absolute Gasteiger partial charge is 0.0977 e. The lowest BCUT2D eigenvalue weighted by molar-refractivity contribution is 0.0913. The molecule has 1 aliphatic rings. The summed E-state index contributed by atoms with van der Waals surface area (Å²) < 4.78 is 0. The van der Waals surface area contributed by atoms with Crippen molar-refractivity contribution in [3.63, 3.8) is 0 Å². The zero-order valence-corrected chi connectivity index (χ0v) is 8.95. The fourth-order valence-corrected chi connectivity index (χ4v) is 1.96. The van der Waals surface area contributed by atoms with E-state index in [1.165, 1.54) is 19.3 Å². The Labute approximate surface area is 86.3 Å². The molecule has 0 aromatic heterocycles. The summed E-state index contributed by atoms with van der Waals surface area (Å²) in [6.45, 7) is 3.15. The molecule has 3 heteroatoms. The zero-order chi connectivity index (χ0) is 10.4. The summed E-state index contributed by atoms with van der Waals surface area (Å²) in [4.78, 5) is 2.28. The predicted molar refractivity (Wildman–Crippen MR) is 55.7 cm³/mol. The van der Waals surface area contributed by atoms with Gasteiger partial charge in [0.2, 0.25) is 0 Å². The van der Waals surface area contributed by atoms with E-state index in [1.54, 1.807) is 0 Å². The first-order valence-corrected chi connectivity index (χ1v) is 5.59. The van der Waals surface area contributed by atoms with E-state index in [-0.39, 0.29) is 12.6 Å². The van der Waals surface area contributed by atoms with Gasteiger partial charge in [-0.3, -0.25) is 4.90 Å². The largest absolute Gasteiger partial charge is 0.396 e. The molecule has 1 rings (SSSR count). The van der Waals surface area contributed by atoms with Crippen molar-refractivity contribution in [2.45, 2.75) is 51.1 Å². The van der Waals surface area contributed by atoms with Gasteiger partial charge in [-0.1, -0.05) is 13.3 Å². The highest BCUT2D eigenvalue weighted by Gasteiger charge is 2.29. The van der Waals surface area contributed by atoms with Crippen LogP contribution in [0.15, 0.2) is 0 Å². The third-order valence-corrected chi connectivity index (χ3v) is 3.05. The van der Waals surface area contributed by atoms with Crippen LogP contribution in [0.3, 0.4) is 0 Å². The Morgan fingerprint density at radius 3 is 2.64 bits per heavy atom. The monoisotopic (exact) mass is 196 g/mol. The molecule has 0 aromatic rings. The van der Waals surface area contributed by atoms with Gasteiger partial charge in [0.25, 0.3) is 0 Å². The molecular formula is C11H20N2O. The summed E-state index contributed by atoms with van der Waals surface area (Å²) in [6, 6.07) is 3.01. The van der Waals surface area contributed by atoms with Crippen molar-refractivity contribution >= 4 is 0 Å². The van der Waals surface area contributed by atoms with Crippen LogP contribution < -0.4 is 0 Å². The summed E-state index contributed by atoms with van der Waals surface area (Å²) in [5, 5.41) is 17.8. The minimum Gasteiger partial charge on any atom is -0.396 e. The Bertz CT molecular complexity index is 196. The van der Waals surface area contributed by atoms with E-state index in [2.05, 4.69) is 17.9 Å². The quantitative estimate of drug-likeness (QED) is 0.700. The van der Waals surface area contributed by atoms with Crippen LogP contribution in [-0.4, -0.2) is 35.2 Å². The maximum atomic E-state index is 9.01. The van der Waals surface area contributed by atoms with Crippen LogP contribution in [0.25, 0.3) is 0 Å². The molecule has 0 radical (unpaired) electrons. The minimum absolute atomic E-state index is 0.0480. The highest BCUT2D eigenvalue weighted by molar-refractivity contribution is 4.95. The van der Waals surface area contributed by atoms with E-state index in [1.807, 2.05) is 0 Å². The number of nitrogens with zero attached hydrogens (tertiary/aromatic N) is 2. The molecule has 0 spiro atoms.